The van der Waals surface area contributed by atoms with Crippen molar-refractivity contribution in [2.45, 2.75) is 26.4 Å². The van der Waals surface area contributed by atoms with Crippen LogP contribution >= 0.6 is 0 Å². The number of amides is 1. The zero-order chi connectivity index (χ0) is 19.6. The molecule has 1 heterocycles. The van der Waals surface area contributed by atoms with E-state index in [1.807, 2.05) is 38.1 Å². The standard InChI is InChI=1S/C21H23N3O3/c1-14(2)24-20(25)17-11-7-6-10-16(17)19(22-24)21(26)23(3)13-15-9-5-8-12-18(15)27-4/h5-12,14H,13H2,1-4H3. The monoisotopic (exact) mass is 365 g/mol. The minimum absolute atomic E-state index is 0.145. The Balaban J connectivity index is 2.05. The molecule has 0 radical (unpaired) electrons. The third kappa shape index (κ3) is 3.56. The summed E-state index contributed by atoms with van der Waals surface area (Å²) in [6, 6.07) is 14.5. The van der Waals surface area contributed by atoms with Gasteiger partial charge in [-0.05, 0) is 26.0 Å². The molecule has 0 spiro atoms. The zero-order valence-corrected chi connectivity index (χ0v) is 16.0. The molecule has 0 saturated heterocycles. The number of para-hydroxylation sites is 1. The molecule has 3 rings (SSSR count). The quantitative estimate of drug-likeness (QED) is 0.696. The molecule has 0 aliphatic heterocycles. The molecule has 0 atom stereocenters. The maximum atomic E-state index is 13.2. The first-order valence-corrected chi connectivity index (χ1v) is 8.83. The minimum atomic E-state index is -0.244. The van der Waals surface area contributed by atoms with Gasteiger partial charge in [0.25, 0.3) is 11.5 Å². The number of carbonyl (C=O) groups excluding carboxylic acids is 1. The van der Waals surface area contributed by atoms with Crippen LogP contribution in [0.1, 0.15) is 35.9 Å². The lowest BCUT2D eigenvalue weighted by molar-refractivity contribution is 0.0777. The van der Waals surface area contributed by atoms with Crippen LogP contribution < -0.4 is 10.3 Å². The van der Waals surface area contributed by atoms with E-state index in [0.717, 1.165) is 11.3 Å². The number of benzene rings is 2. The van der Waals surface area contributed by atoms with E-state index in [-0.39, 0.29) is 23.2 Å². The van der Waals surface area contributed by atoms with Crippen LogP contribution in [0.25, 0.3) is 10.8 Å². The van der Waals surface area contributed by atoms with E-state index in [0.29, 0.717) is 17.3 Å². The van der Waals surface area contributed by atoms with Crippen molar-refractivity contribution in [3.05, 3.63) is 70.1 Å². The first-order chi connectivity index (χ1) is 12.9. The molecule has 0 saturated carbocycles. The second kappa shape index (κ2) is 7.61. The Labute approximate surface area is 158 Å². The average molecular weight is 365 g/mol. The summed E-state index contributed by atoms with van der Waals surface area (Å²) in [6.45, 7) is 4.12. The van der Waals surface area contributed by atoms with Crippen molar-refractivity contribution in [3.63, 3.8) is 0 Å². The van der Waals surface area contributed by atoms with E-state index in [2.05, 4.69) is 5.10 Å². The topological polar surface area (TPSA) is 64.4 Å². The fourth-order valence-electron chi connectivity index (χ4n) is 3.06. The summed E-state index contributed by atoms with van der Waals surface area (Å²) in [4.78, 5) is 27.4. The van der Waals surface area contributed by atoms with E-state index in [1.165, 1.54) is 4.68 Å². The smallest absolute Gasteiger partial charge is 0.274 e. The van der Waals surface area contributed by atoms with Crippen molar-refractivity contribution in [1.82, 2.24) is 14.7 Å². The van der Waals surface area contributed by atoms with Gasteiger partial charge in [-0.15, -0.1) is 0 Å². The Morgan fingerprint density at radius 3 is 2.41 bits per heavy atom. The van der Waals surface area contributed by atoms with E-state index < -0.39 is 0 Å². The largest absolute Gasteiger partial charge is 0.496 e. The lowest BCUT2D eigenvalue weighted by atomic mass is 10.1. The summed E-state index contributed by atoms with van der Waals surface area (Å²) >= 11 is 0. The number of hydrogen-bond acceptors (Lipinski definition) is 4. The van der Waals surface area contributed by atoms with Crippen LogP contribution in [0.5, 0.6) is 5.75 Å². The Morgan fingerprint density at radius 2 is 1.74 bits per heavy atom. The van der Waals surface area contributed by atoms with Crippen LogP contribution in [0.4, 0.5) is 0 Å². The maximum absolute atomic E-state index is 13.2. The SMILES string of the molecule is COc1ccccc1CN(C)C(=O)c1nn(C(C)C)c(=O)c2ccccc12. The Hall–Kier alpha value is -3.15. The van der Waals surface area contributed by atoms with Gasteiger partial charge < -0.3 is 9.64 Å². The molecule has 0 fully saturated rings. The van der Waals surface area contributed by atoms with Crippen molar-refractivity contribution in [3.8, 4) is 5.75 Å². The van der Waals surface area contributed by atoms with Gasteiger partial charge in [0.15, 0.2) is 5.69 Å². The van der Waals surface area contributed by atoms with Gasteiger partial charge in [0, 0.05) is 24.5 Å². The molecule has 0 aliphatic rings. The van der Waals surface area contributed by atoms with Gasteiger partial charge in [-0.25, -0.2) is 4.68 Å². The predicted octanol–water partition coefficient (Wildman–Crippen LogP) is 3.26. The number of ether oxygens (including phenoxy) is 1. The van der Waals surface area contributed by atoms with Gasteiger partial charge in [-0.2, -0.15) is 5.10 Å². The van der Waals surface area contributed by atoms with E-state index >= 15 is 0 Å². The van der Waals surface area contributed by atoms with E-state index in [4.69, 9.17) is 4.74 Å². The van der Waals surface area contributed by atoms with Crippen molar-refractivity contribution >= 4 is 16.7 Å². The van der Waals surface area contributed by atoms with E-state index in [1.54, 1.807) is 43.3 Å². The summed E-state index contributed by atoms with van der Waals surface area (Å²) in [5.41, 5.74) is 0.984. The first kappa shape index (κ1) is 18.6. The van der Waals surface area contributed by atoms with Crippen LogP contribution in [0.15, 0.2) is 53.3 Å². The molecular weight excluding hydrogens is 342 g/mol. The second-order valence-corrected chi connectivity index (χ2v) is 6.71. The molecule has 140 valence electrons. The van der Waals surface area contributed by atoms with Gasteiger partial charge in [0.2, 0.25) is 0 Å². The van der Waals surface area contributed by atoms with Crippen LogP contribution in [0.2, 0.25) is 0 Å². The van der Waals surface area contributed by atoms with Crippen LogP contribution in [-0.4, -0.2) is 34.7 Å². The van der Waals surface area contributed by atoms with Crippen molar-refractivity contribution in [2.75, 3.05) is 14.2 Å². The van der Waals surface area contributed by atoms with Crippen LogP contribution in [0.3, 0.4) is 0 Å². The summed E-state index contributed by atoms with van der Waals surface area (Å²) in [6.07, 6.45) is 0. The number of aromatic nitrogens is 2. The van der Waals surface area contributed by atoms with E-state index in [9.17, 15) is 9.59 Å². The minimum Gasteiger partial charge on any atom is -0.496 e. The van der Waals surface area contributed by atoms with Crippen molar-refractivity contribution in [2.24, 2.45) is 0 Å². The predicted molar refractivity (Wildman–Crippen MR) is 105 cm³/mol. The molecule has 0 N–H and O–H groups in total. The third-order valence-electron chi connectivity index (χ3n) is 4.47. The zero-order valence-electron chi connectivity index (χ0n) is 16.0. The van der Waals surface area contributed by atoms with Gasteiger partial charge in [0.05, 0.1) is 18.5 Å². The van der Waals surface area contributed by atoms with Gasteiger partial charge in [-0.1, -0.05) is 36.4 Å². The molecule has 3 aromatic rings. The van der Waals surface area contributed by atoms with Crippen molar-refractivity contribution < 1.29 is 9.53 Å². The van der Waals surface area contributed by atoms with Gasteiger partial charge in [-0.3, -0.25) is 9.59 Å². The summed E-state index contributed by atoms with van der Waals surface area (Å²) in [7, 11) is 3.32. The van der Waals surface area contributed by atoms with Crippen LogP contribution in [0, 0.1) is 0 Å². The Bertz CT molecular complexity index is 1040. The fraction of sp³-hybridized carbons (Fsp3) is 0.286. The molecule has 1 aromatic heterocycles. The second-order valence-electron chi connectivity index (χ2n) is 6.71. The normalized spacial score (nSPS) is 11.0. The summed E-state index contributed by atoms with van der Waals surface area (Å²) in [5, 5.41) is 5.45. The van der Waals surface area contributed by atoms with Gasteiger partial charge in [0.1, 0.15) is 5.75 Å². The lowest BCUT2D eigenvalue weighted by Crippen LogP contribution is -2.32. The third-order valence-corrected chi connectivity index (χ3v) is 4.47. The van der Waals surface area contributed by atoms with Crippen molar-refractivity contribution in [1.29, 1.82) is 0 Å². The number of fused-ring (bicyclic) bond motifs is 1. The molecule has 6 nitrogen and oxygen atoms in total. The average Bonchev–Trinajstić information content (AvgIpc) is 2.68. The molecular formula is C21H23N3O3. The molecule has 1 amide bonds. The molecule has 27 heavy (non-hydrogen) atoms. The maximum Gasteiger partial charge on any atom is 0.274 e. The Morgan fingerprint density at radius 1 is 1.11 bits per heavy atom. The summed E-state index contributed by atoms with van der Waals surface area (Å²) < 4.78 is 6.74. The summed E-state index contributed by atoms with van der Waals surface area (Å²) in [5.74, 6) is 0.480. The van der Waals surface area contributed by atoms with Gasteiger partial charge >= 0.3 is 0 Å². The molecule has 2 aromatic carbocycles. The number of methoxy groups -OCH3 is 1. The Kier molecular flexibility index (Phi) is 5.26. The highest BCUT2D eigenvalue weighted by molar-refractivity contribution is 6.04. The molecule has 0 unspecified atom stereocenters. The number of hydrogen-bond donors (Lipinski definition) is 0. The molecule has 0 aliphatic carbocycles. The fourth-order valence-corrected chi connectivity index (χ4v) is 3.06. The first-order valence-electron chi connectivity index (χ1n) is 8.83. The molecule has 6 heteroatoms. The number of rotatable bonds is 5. The highest BCUT2D eigenvalue weighted by Gasteiger charge is 2.21. The van der Waals surface area contributed by atoms with Crippen LogP contribution in [-0.2, 0) is 6.54 Å². The highest BCUT2D eigenvalue weighted by atomic mass is 16.5. The number of nitrogens with zero attached hydrogens (tertiary/aromatic N) is 3. The molecule has 0 bridgehead atoms. The number of carbonyl (C=O) groups is 1. The highest BCUT2D eigenvalue weighted by Crippen LogP contribution is 2.21. The lowest BCUT2D eigenvalue weighted by Gasteiger charge is -2.20.